The van der Waals surface area contributed by atoms with Gasteiger partial charge in [-0.25, -0.2) is 0 Å². The third-order valence-corrected chi connectivity index (χ3v) is 4.05. The average molecular weight is 274 g/mol. The summed E-state index contributed by atoms with van der Waals surface area (Å²) in [6.07, 6.45) is 3.17. The van der Waals surface area contributed by atoms with Crippen LogP contribution in [0.5, 0.6) is 0 Å². The highest BCUT2D eigenvalue weighted by atomic mass is 16.2. The molecule has 0 spiro atoms. The van der Waals surface area contributed by atoms with E-state index in [4.69, 9.17) is 5.73 Å². The first kappa shape index (κ1) is 13.2. The molecule has 1 aromatic rings. The van der Waals surface area contributed by atoms with Crippen molar-refractivity contribution in [2.45, 2.75) is 18.9 Å². The number of carbonyl (C=O) groups excluding carboxylic acids is 2. The van der Waals surface area contributed by atoms with Crippen LogP contribution in [0.15, 0.2) is 18.3 Å². The Bertz CT molecular complexity index is 503. The first-order valence-corrected chi connectivity index (χ1v) is 6.97. The van der Waals surface area contributed by atoms with Crippen molar-refractivity contribution in [3.8, 4) is 0 Å². The highest BCUT2D eigenvalue weighted by Crippen LogP contribution is 2.27. The van der Waals surface area contributed by atoms with Gasteiger partial charge in [0.05, 0.1) is 5.56 Å². The molecular weight excluding hydrogens is 256 g/mol. The number of imide groups is 1. The summed E-state index contributed by atoms with van der Waals surface area (Å²) in [5.74, 6) is -0.446. The molecule has 106 valence electrons. The van der Waals surface area contributed by atoms with Gasteiger partial charge in [-0.05, 0) is 25.0 Å². The van der Waals surface area contributed by atoms with E-state index in [0.717, 1.165) is 32.5 Å². The van der Waals surface area contributed by atoms with Crippen LogP contribution in [0.2, 0.25) is 0 Å². The van der Waals surface area contributed by atoms with E-state index < -0.39 is 0 Å². The molecule has 1 fully saturated rings. The summed E-state index contributed by atoms with van der Waals surface area (Å²) in [5.41, 5.74) is 6.27. The summed E-state index contributed by atoms with van der Waals surface area (Å²) in [4.78, 5) is 32.4. The zero-order valence-electron chi connectivity index (χ0n) is 11.3. The lowest BCUT2D eigenvalue weighted by Gasteiger charge is -2.35. The van der Waals surface area contributed by atoms with E-state index in [1.807, 2.05) is 0 Å². The Balaban J connectivity index is 1.74. The van der Waals surface area contributed by atoms with E-state index in [1.165, 1.54) is 4.90 Å². The maximum Gasteiger partial charge on any atom is 0.280 e. The van der Waals surface area contributed by atoms with Crippen molar-refractivity contribution >= 4 is 11.8 Å². The molecule has 6 heteroatoms. The molecule has 0 aliphatic carbocycles. The van der Waals surface area contributed by atoms with E-state index >= 15 is 0 Å². The lowest BCUT2D eigenvalue weighted by molar-refractivity contribution is 0.0503. The lowest BCUT2D eigenvalue weighted by atomic mass is 10.0. The van der Waals surface area contributed by atoms with Gasteiger partial charge < -0.3 is 10.6 Å². The molecule has 0 atom stereocenters. The quantitative estimate of drug-likeness (QED) is 0.791. The third-order valence-electron chi connectivity index (χ3n) is 4.05. The first-order valence-electron chi connectivity index (χ1n) is 6.97. The molecule has 0 unspecified atom stereocenters. The monoisotopic (exact) mass is 274 g/mol. The van der Waals surface area contributed by atoms with E-state index in [1.54, 1.807) is 18.3 Å². The van der Waals surface area contributed by atoms with Crippen molar-refractivity contribution in [3.05, 3.63) is 29.6 Å². The standard InChI is InChI=1S/C14H18N4O2/c15-5-9-17-7-3-10(4-8-17)18-13(19)11-2-1-6-16-12(11)14(18)20/h1-2,6,10H,3-5,7-9,15H2. The van der Waals surface area contributed by atoms with Crippen LogP contribution in [0.4, 0.5) is 0 Å². The average Bonchev–Trinajstić information content (AvgIpc) is 2.73. The van der Waals surface area contributed by atoms with Gasteiger partial charge in [0.1, 0.15) is 5.69 Å². The fourth-order valence-corrected chi connectivity index (χ4v) is 3.00. The van der Waals surface area contributed by atoms with Crippen LogP contribution in [0.25, 0.3) is 0 Å². The van der Waals surface area contributed by atoms with E-state index in [0.29, 0.717) is 17.8 Å². The number of nitrogens with zero attached hydrogens (tertiary/aromatic N) is 3. The number of fused-ring (bicyclic) bond motifs is 1. The van der Waals surface area contributed by atoms with Gasteiger partial charge in [0.15, 0.2) is 0 Å². The van der Waals surface area contributed by atoms with Crippen molar-refractivity contribution in [2.75, 3.05) is 26.2 Å². The molecule has 0 bridgehead atoms. The molecule has 2 amide bonds. The normalized spacial score (nSPS) is 20.6. The fraction of sp³-hybridized carbons (Fsp3) is 0.500. The highest BCUT2D eigenvalue weighted by Gasteiger charge is 2.41. The van der Waals surface area contributed by atoms with Crippen LogP contribution in [-0.2, 0) is 0 Å². The van der Waals surface area contributed by atoms with Crippen molar-refractivity contribution in [1.82, 2.24) is 14.8 Å². The Morgan fingerprint density at radius 2 is 2.00 bits per heavy atom. The van der Waals surface area contributed by atoms with Crippen LogP contribution in [0.1, 0.15) is 33.7 Å². The van der Waals surface area contributed by atoms with Gasteiger partial charge in [-0.3, -0.25) is 19.5 Å². The van der Waals surface area contributed by atoms with Gasteiger partial charge in [0, 0.05) is 38.4 Å². The maximum atomic E-state index is 12.3. The molecule has 6 nitrogen and oxygen atoms in total. The predicted molar refractivity (Wildman–Crippen MR) is 73.3 cm³/mol. The number of hydrogen-bond acceptors (Lipinski definition) is 5. The van der Waals surface area contributed by atoms with Crippen molar-refractivity contribution < 1.29 is 9.59 Å². The molecule has 3 heterocycles. The minimum atomic E-state index is -0.247. The lowest BCUT2D eigenvalue weighted by Crippen LogP contribution is -2.48. The number of aromatic nitrogens is 1. The second-order valence-corrected chi connectivity index (χ2v) is 5.24. The van der Waals surface area contributed by atoms with Crippen LogP contribution >= 0.6 is 0 Å². The van der Waals surface area contributed by atoms with Gasteiger partial charge in [-0.1, -0.05) is 0 Å². The molecule has 3 rings (SSSR count). The molecule has 2 aliphatic rings. The summed E-state index contributed by atoms with van der Waals surface area (Å²) in [6, 6.07) is 3.35. The third kappa shape index (κ3) is 2.10. The van der Waals surface area contributed by atoms with Gasteiger partial charge in [0.2, 0.25) is 0 Å². The van der Waals surface area contributed by atoms with E-state index in [-0.39, 0.29) is 17.9 Å². The number of likely N-dealkylation sites (tertiary alicyclic amines) is 1. The molecule has 0 saturated carbocycles. The molecule has 2 N–H and O–H groups in total. The molecule has 1 aromatic heterocycles. The molecule has 1 saturated heterocycles. The molecule has 2 aliphatic heterocycles. The second-order valence-electron chi connectivity index (χ2n) is 5.24. The summed E-state index contributed by atoms with van der Waals surface area (Å²) in [5, 5.41) is 0. The topological polar surface area (TPSA) is 79.5 Å². The Hall–Kier alpha value is -1.79. The number of rotatable bonds is 3. The first-order chi connectivity index (χ1) is 9.72. The molecule has 0 radical (unpaired) electrons. The largest absolute Gasteiger partial charge is 0.329 e. The predicted octanol–water partition coefficient (Wildman–Crippen LogP) is 0.101. The smallest absolute Gasteiger partial charge is 0.280 e. The summed E-state index contributed by atoms with van der Waals surface area (Å²) >= 11 is 0. The number of hydrogen-bond donors (Lipinski definition) is 1. The van der Waals surface area contributed by atoms with Crippen LogP contribution in [0.3, 0.4) is 0 Å². The molecular formula is C14H18N4O2. The van der Waals surface area contributed by atoms with Gasteiger partial charge in [0.25, 0.3) is 11.8 Å². The van der Waals surface area contributed by atoms with Crippen molar-refractivity contribution in [1.29, 1.82) is 0 Å². The minimum Gasteiger partial charge on any atom is -0.329 e. The van der Waals surface area contributed by atoms with Crippen LogP contribution in [-0.4, -0.2) is 58.8 Å². The van der Waals surface area contributed by atoms with Crippen LogP contribution in [0, 0.1) is 0 Å². The number of amides is 2. The Kier molecular flexibility index (Phi) is 3.50. The molecule has 0 aromatic carbocycles. The number of piperidine rings is 1. The Morgan fingerprint density at radius 3 is 2.65 bits per heavy atom. The van der Waals surface area contributed by atoms with Gasteiger partial charge >= 0.3 is 0 Å². The van der Waals surface area contributed by atoms with E-state index in [2.05, 4.69) is 9.88 Å². The second kappa shape index (κ2) is 5.30. The van der Waals surface area contributed by atoms with Gasteiger partial charge in [-0.2, -0.15) is 0 Å². The zero-order valence-corrected chi connectivity index (χ0v) is 11.3. The fourth-order valence-electron chi connectivity index (χ4n) is 3.00. The van der Waals surface area contributed by atoms with Crippen LogP contribution < -0.4 is 5.73 Å². The van der Waals surface area contributed by atoms with Crippen molar-refractivity contribution in [3.63, 3.8) is 0 Å². The number of pyridine rings is 1. The highest BCUT2D eigenvalue weighted by molar-refractivity contribution is 6.20. The molecule has 20 heavy (non-hydrogen) atoms. The summed E-state index contributed by atoms with van der Waals surface area (Å²) < 4.78 is 0. The number of carbonyl (C=O) groups is 2. The summed E-state index contributed by atoms with van der Waals surface area (Å²) in [6.45, 7) is 3.27. The zero-order chi connectivity index (χ0) is 14.1. The SMILES string of the molecule is NCCN1CCC(N2C(=O)c3cccnc3C2=O)CC1. The summed E-state index contributed by atoms with van der Waals surface area (Å²) in [7, 11) is 0. The van der Waals surface area contributed by atoms with Crippen molar-refractivity contribution in [2.24, 2.45) is 5.73 Å². The Morgan fingerprint density at radius 1 is 1.25 bits per heavy atom. The van der Waals surface area contributed by atoms with Gasteiger partial charge in [-0.15, -0.1) is 0 Å². The Labute approximate surface area is 117 Å². The minimum absolute atomic E-state index is 0.0155. The number of nitrogens with two attached hydrogens (primary N) is 1. The van der Waals surface area contributed by atoms with E-state index in [9.17, 15) is 9.59 Å². The maximum absolute atomic E-state index is 12.3.